The summed E-state index contributed by atoms with van der Waals surface area (Å²) in [6.45, 7) is 5.35. The second-order valence-electron chi connectivity index (χ2n) is 10.1. The van der Waals surface area contributed by atoms with Gasteiger partial charge in [-0.05, 0) is 48.9 Å². The molecular formula is C28H32N4O2. The Morgan fingerprint density at radius 2 is 1.74 bits per heavy atom. The highest BCUT2D eigenvalue weighted by Gasteiger charge is 2.42. The van der Waals surface area contributed by atoms with Crippen LogP contribution in [0.1, 0.15) is 54.0 Å². The van der Waals surface area contributed by atoms with Crippen LogP contribution in [0.3, 0.4) is 0 Å². The van der Waals surface area contributed by atoms with E-state index >= 15 is 0 Å². The number of rotatable bonds is 3. The van der Waals surface area contributed by atoms with Gasteiger partial charge in [0.25, 0.3) is 5.91 Å². The van der Waals surface area contributed by atoms with Crippen molar-refractivity contribution in [3.8, 4) is 0 Å². The second-order valence-corrected chi connectivity index (χ2v) is 10.1. The van der Waals surface area contributed by atoms with Crippen molar-refractivity contribution in [1.29, 1.82) is 0 Å². The third-order valence-corrected chi connectivity index (χ3v) is 8.09. The van der Waals surface area contributed by atoms with Gasteiger partial charge in [0, 0.05) is 50.6 Å². The fourth-order valence-corrected chi connectivity index (χ4v) is 6.17. The first-order valence-electron chi connectivity index (χ1n) is 12.5. The lowest BCUT2D eigenvalue weighted by molar-refractivity contribution is -0.132. The van der Waals surface area contributed by atoms with Crippen LogP contribution < -0.4 is 4.90 Å². The van der Waals surface area contributed by atoms with E-state index in [2.05, 4.69) is 47.7 Å². The predicted molar refractivity (Wildman–Crippen MR) is 134 cm³/mol. The Morgan fingerprint density at radius 3 is 2.56 bits per heavy atom. The maximum atomic E-state index is 13.5. The van der Waals surface area contributed by atoms with Crippen LogP contribution in [-0.4, -0.2) is 52.9 Å². The topological polar surface area (TPSA) is 48.8 Å². The minimum Gasteiger partial charge on any atom is -0.349 e. The number of hydrogen-bond acceptors (Lipinski definition) is 3. The van der Waals surface area contributed by atoms with E-state index in [1.807, 2.05) is 34.1 Å². The molecule has 176 valence electrons. The number of nitrogens with zero attached hydrogens (tertiary/aromatic N) is 4. The maximum Gasteiger partial charge on any atom is 0.257 e. The number of piperidine rings is 1. The third kappa shape index (κ3) is 3.23. The molecule has 4 heterocycles. The Hall–Kier alpha value is -3.28. The van der Waals surface area contributed by atoms with Crippen LogP contribution in [0.2, 0.25) is 0 Å². The molecule has 0 bridgehead atoms. The van der Waals surface area contributed by atoms with Crippen molar-refractivity contribution in [3.63, 3.8) is 0 Å². The van der Waals surface area contributed by atoms with Gasteiger partial charge in [0.2, 0.25) is 5.91 Å². The zero-order valence-electron chi connectivity index (χ0n) is 20.0. The van der Waals surface area contributed by atoms with Gasteiger partial charge < -0.3 is 19.3 Å². The molecule has 0 N–H and O–H groups in total. The number of fused-ring (bicyclic) bond motifs is 6. The summed E-state index contributed by atoms with van der Waals surface area (Å²) < 4.78 is 2.32. The highest BCUT2D eigenvalue weighted by Crippen LogP contribution is 2.44. The summed E-state index contributed by atoms with van der Waals surface area (Å²) in [4.78, 5) is 32.8. The Morgan fingerprint density at radius 1 is 1.00 bits per heavy atom. The monoisotopic (exact) mass is 456 g/mol. The molecule has 1 fully saturated rings. The van der Waals surface area contributed by atoms with Crippen molar-refractivity contribution in [2.45, 2.75) is 45.3 Å². The van der Waals surface area contributed by atoms with Gasteiger partial charge in [0.1, 0.15) is 6.17 Å². The number of aromatic nitrogens is 1. The van der Waals surface area contributed by atoms with Crippen molar-refractivity contribution in [1.82, 2.24) is 14.4 Å². The highest BCUT2D eigenvalue weighted by molar-refractivity contribution is 6.02. The molecule has 0 radical (unpaired) electrons. The van der Waals surface area contributed by atoms with E-state index in [0.29, 0.717) is 25.4 Å². The molecule has 6 rings (SSSR count). The summed E-state index contributed by atoms with van der Waals surface area (Å²) in [7, 11) is 2.08. The molecule has 1 aromatic heterocycles. The van der Waals surface area contributed by atoms with Gasteiger partial charge in [-0.2, -0.15) is 0 Å². The molecule has 34 heavy (non-hydrogen) atoms. The summed E-state index contributed by atoms with van der Waals surface area (Å²) in [5.74, 6) is 1.04. The smallest absolute Gasteiger partial charge is 0.257 e. The molecule has 3 aliphatic rings. The van der Waals surface area contributed by atoms with Crippen molar-refractivity contribution in [3.05, 3.63) is 65.4 Å². The van der Waals surface area contributed by atoms with E-state index in [-0.39, 0.29) is 18.0 Å². The number of hydrogen-bond donors (Lipinski definition) is 0. The Balaban J connectivity index is 1.39. The molecule has 1 atom stereocenters. The lowest BCUT2D eigenvalue weighted by Crippen LogP contribution is -2.51. The van der Waals surface area contributed by atoms with E-state index in [1.165, 1.54) is 10.9 Å². The lowest BCUT2D eigenvalue weighted by Gasteiger charge is -2.46. The van der Waals surface area contributed by atoms with Crippen LogP contribution in [0, 0.1) is 5.92 Å². The van der Waals surface area contributed by atoms with Gasteiger partial charge in [-0.25, -0.2) is 0 Å². The van der Waals surface area contributed by atoms with Crippen molar-refractivity contribution < 1.29 is 9.59 Å². The fraction of sp³-hybridized carbons (Fsp3) is 0.429. The molecule has 2 aromatic carbocycles. The van der Waals surface area contributed by atoms with Crippen LogP contribution in [0.4, 0.5) is 5.69 Å². The Labute approximate surface area is 200 Å². The minimum atomic E-state index is -0.163. The first-order valence-corrected chi connectivity index (χ1v) is 12.5. The molecule has 0 unspecified atom stereocenters. The fourth-order valence-electron chi connectivity index (χ4n) is 6.17. The van der Waals surface area contributed by atoms with Gasteiger partial charge in [-0.15, -0.1) is 0 Å². The molecule has 0 aliphatic carbocycles. The first kappa shape index (κ1) is 21.3. The number of benzene rings is 2. The van der Waals surface area contributed by atoms with Gasteiger partial charge in [-0.3, -0.25) is 9.59 Å². The molecule has 3 aromatic rings. The van der Waals surface area contributed by atoms with Crippen LogP contribution in [-0.2, 0) is 17.8 Å². The Kier molecular flexibility index (Phi) is 5.12. The summed E-state index contributed by atoms with van der Waals surface area (Å²) in [6, 6.07) is 16.4. The van der Waals surface area contributed by atoms with Gasteiger partial charge in [0.05, 0.1) is 16.9 Å². The second kappa shape index (κ2) is 8.19. The minimum absolute atomic E-state index is 0.0969. The number of para-hydroxylation sites is 2. The average Bonchev–Trinajstić information content (AvgIpc) is 3.19. The van der Waals surface area contributed by atoms with Crippen molar-refractivity contribution in [2.75, 3.05) is 31.6 Å². The van der Waals surface area contributed by atoms with Crippen LogP contribution in [0.15, 0.2) is 48.5 Å². The van der Waals surface area contributed by atoms with Crippen molar-refractivity contribution >= 4 is 28.4 Å². The zero-order chi connectivity index (χ0) is 23.4. The zero-order valence-corrected chi connectivity index (χ0v) is 20.0. The number of aryl methyl sites for hydroxylation is 1. The predicted octanol–water partition coefficient (Wildman–Crippen LogP) is 4.44. The van der Waals surface area contributed by atoms with E-state index in [1.54, 1.807) is 0 Å². The van der Waals surface area contributed by atoms with Crippen LogP contribution in [0.5, 0.6) is 0 Å². The van der Waals surface area contributed by atoms with E-state index in [0.717, 1.165) is 54.8 Å². The van der Waals surface area contributed by atoms with E-state index in [9.17, 15) is 9.59 Å². The molecule has 1 saturated heterocycles. The van der Waals surface area contributed by atoms with E-state index in [4.69, 9.17) is 0 Å². The standard InChI is InChI=1S/C28H32N4O2/c1-19-11-15-30(16-12-19)25(33)14-18-31-24-10-6-3-7-20(24)21-13-17-32-27(26(21)31)29(2)23-9-5-4-8-22(23)28(32)34/h3-10,19,27H,11-18H2,1-2H3/t27-/m1/s1. The van der Waals surface area contributed by atoms with Gasteiger partial charge >= 0.3 is 0 Å². The summed E-state index contributed by atoms with van der Waals surface area (Å²) >= 11 is 0. The third-order valence-electron chi connectivity index (χ3n) is 8.09. The Bertz CT molecular complexity index is 1270. The summed E-state index contributed by atoms with van der Waals surface area (Å²) in [6.07, 6.45) is 3.34. The van der Waals surface area contributed by atoms with E-state index < -0.39 is 0 Å². The number of carbonyl (C=O) groups is 2. The average molecular weight is 457 g/mol. The molecule has 6 heteroatoms. The summed E-state index contributed by atoms with van der Waals surface area (Å²) in [5.41, 5.74) is 5.38. The molecule has 0 saturated carbocycles. The molecule has 2 amide bonds. The normalized spacial score (nSPS) is 20.4. The SMILES string of the molecule is CC1CCN(C(=O)CCn2c3c(c4ccccc42)CCN2C(=O)c4ccccc4N(C)[C@@H]32)CC1. The molecular weight excluding hydrogens is 424 g/mol. The van der Waals surface area contributed by atoms with Crippen LogP contribution >= 0.6 is 0 Å². The largest absolute Gasteiger partial charge is 0.349 e. The van der Waals surface area contributed by atoms with Gasteiger partial charge in [0.15, 0.2) is 0 Å². The first-order chi connectivity index (χ1) is 16.5. The molecule has 6 nitrogen and oxygen atoms in total. The van der Waals surface area contributed by atoms with Gasteiger partial charge in [-0.1, -0.05) is 37.3 Å². The molecule has 3 aliphatic heterocycles. The quantitative estimate of drug-likeness (QED) is 0.586. The van der Waals surface area contributed by atoms with Crippen LogP contribution in [0.25, 0.3) is 10.9 Å². The number of likely N-dealkylation sites (tertiary alicyclic amines) is 1. The lowest BCUT2D eigenvalue weighted by atomic mass is 9.96. The summed E-state index contributed by atoms with van der Waals surface area (Å²) in [5, 5.41) is 1.25. The van der Waals surface area contributed by atoms with Crippen molar-refractivity contribution in [2.24, 2.45) is 5.92 Å². The highest BCUT2D eigenvalue weighted by atomic mass is 16.2. The number of anilines is 1. The maximum absolute atomic E-state index is 13.5. The molecule has 0 spiro atoms. The number of amides is 2. The number of carbonyl (C=O) groups excluding carboxylic acids is 2.